The number of aliphatic hydroxyl groups excluding tert-OH is 2. The summed E-state index contributed by atoms with van der Waals surface area (Å²) in [5, 5.41) is 37.6. The molecule has 0 amide bonds. The third-order valence-corrected chi connectivity index (χ3v) is 4.64. The van der Waals surface area contributed by atoms with E-state index in [1.165, 1.54) is 13.3 Å². The second-order valence-corrected chi connectivity index (χ2v) is 6.27. The molecule has 0 aliphatic carbocycles. The van der Waals surface area contributed by atoms with Crippen molar-refractivity contribution in [2.75, 3.05) is 12.3 Å². The van der Waals surface area contributed by atoms with Gasteiger partial charge in [0.1, 0.15) is 35.6 Å². The maximum absolute atomic E-state index is 10.7. The van der Waals surface area contributed by atoms with E-state index in [2.05, 4.69) is 20.2 Å². The molecule has 0 aromatic carbocycles. The predicted octanol–water partition coefficient (Wildman–Crippen LogP) is -0.595. The van der Waals surface area contributed by atoms with Gasteiger partial charge in [-0.2, -0.15) is 5.10 Å². The highest BCUT2D eigenvalue weighted by Crippen LogP contribution is 2.42. The monoisotopic (exact) mass is 346 g/mol. The molecule has 3 aromatic heterocycles. The number of ether oxygens (including phenoxy) is 1. The number of aromatic nitrogens is 5. The number of nitrogens with zero attached hydrogens (tertiary/aromatic N) is 4. The highest BCUT2D eigenvalue weighted by molar-refractivity contribution is 6.00. The molecule has 1 saturated heterocycles. The van der Waals surface area contributed by atoms with Crippen molar-refractivity contribution in [3.05, 3.63) is 24.9 Å². The molecule has 4 rings (SSSR count). The molecule has 1 fully saturated rings. The fraction of sp³-hybridized carbons (Fsp3) is 0.400. The molecule has 10 nitrogen and oxygen atoms in total. The lowest BCUT2D eigenvalue weighted by Gasteiger charge is -2.27. The first-order valence-corrected chi connectivity index (χ1v) is 7.72. The van der Waals surface area contributed by atoms with Crippen LogP contribution in [0.3, 0.4) is 0 Å². The van der Waals surface area contributed by atoms with E-state index < -0.39 is 30.6 Å². The maximum Gasteiger partial charge on any atom is 0.167 e. The normalized spacial score (nSPS) is 29.5. The summed E-state index contributed by atoms with van der Waals surface area (Å²) in [5.41, 5.74) is 6.32. The van der Waals surface area contributed by atoms with Gasteiger partial charge in [0.2, 0.25) is 0 Å². The fourth-order valence-corrected chi connectivity index (χ4v) is 3.29. The summed E-state index contributed by atoms with van der Waals surface area (Å²) in [7, 11) is 0. The summed E-state index contributed by atoms with van der Waals surface area (Å²) < 4.78 is 7.28. The van der Waals surface area contributed by atoms with Gasteiger partial charge in [0, 0.05) is 23.5 Å². The molecule has 0 unspecified atom stereocenters. The maximum atomic E-state index is 10.7. The average molecular weight is 346 g/mol. The molecular weight excluding hydrogens is 328 g/mol. The topological polar surface area (TPSA) is 155 Å². The quantitative estimate of drug-likeness (QED) is 0.421. The van der Waals surface area contributed by atoms with Crippen LogP contribution >= 0.6 is 0 Å². The number of nitrogen functional groups attached to an aromatic ring is 1. The Kier molecular flexibility index (Phi) is 3.51. The number of nitrogens with two attached hydrogens (primary N) is 1. The van der Waals surface area contributed by atoms with Crippen LogP contribution < -0.4 is 5.73 Å². The number of nitrogens with one attached hydrogen (secondary N) is 1. The summed E-state index contributed by atoms with van der Waals surface area (Å²) in [6.07, 6.45) is 3.24. The van der Waals surface area contributed by atoms with E-state index in [-0.39, 0.29) is 5.82 Å². The van der Waals surface area contributed by atoms with E-state index in [4.69, 9.17) is 10.5 Å². The van der Waals surface area contributed by atoms with E-state index in [1.807, 2.05) is 0 Å². The number of aliphatic hydroxyl groups is 3. The van der Waals surface area contributed by atoms with Gasteiger partial charge in [-0.25, -0.2) is 9.97 Å². The van der Waals surface area contributed by atoms with Gasteiger partial charge in [-0.15, -0.1) is 0 Å². The van der Waals surface area contributed by atoms with Crippen LogP contribution in [-0.2, 0) is 4.74 Å². The Morgan fingerprint density at radius 3 is 2.88 bits per heavy atom. The molecule has 0 bridgehead atoms. The van der Waals surface area contributed by atoms with E-state index in [0.717, 1.165) is 5.56 Å². The van der Waals surface area contributed by atoms with Gasteiger partial charge in [-0.3, -0.25) is 5.10 Å². The van der Waals surface area contributed by atoms with Gasteiger partial charge in [0.05, 0.1) is 18.2 Å². The summed E-state index contributed by atoms with van der Waals surface area (Å²) >= 11 is 0. The minimum atomic E-state index is -1.63. The van der Waals surface area contributed by atoms with Gasteiger partial charge >= 0.3 is 0 Å². The van der Waals surface area contributed by atoms with E-state index >= 15 is 0 Å². The van der Waals surface area contributed by atoms with Crippen molar-refractivity contribution in [3.8, 4) is 11.1 Å². The van der Waals surface area contributed by atoms with Crippen LogP contribution in [0.2, 0.25) is 0 Å². The molecule has 4 heterocycles. The van der Waals surface area contributed by atoms with Crippen LogP contribution in [0, 0.1) is 0 Å². The molecular formula is C15H18N6O4. The number of hydrogen-bond acceptors (Lipinski definition) is 8. The van der Waals surface area contributed by atoms with Gasteiger partial charge in [0.15, 0.2) is 6.23 Å². The average Bonchev–Trinajstić information content (AvgIpc) is 3.27. The molecule has 25 heavy (non-hydrogen) atoms. The molecule has 0 radical (unpaired) electrons. The highest BCUT2D eigenvalue weighted by Gasteiger charge is 2.53. The zero-order valence-corrected chi connectivity index (χ0v) is 13.4. The van der Waals surface area contributed by atoms with Crippen molar-refractivity contribution in [2.45, 2.75) is 31.0 Å². The summed E-state index contributed by atoms with van der Waals surface area (Å²) in [6, 6.07) is 0. The Hall–Kier alpha value is -2.53. The first-order valence-electron chi connectivity index (χ1n) is 7.72. The van der Waals surface area contributed by atoms with Gasteiger partial charge in [-0.05, 0) is 6.92 Å². The van der Waals surface area contributed by atoms with Gasteiger partial charge in [0.25, 0.3) is 0 Å². The lowest BCUT2D eigenvalue weighted by atomic mass is 9.96. The fourth-order valence-electron chi connectivity index (χ4n) is 3.29. The first kappa shape index (κ1) is 16.0. The Bertz CT molecular complexity index is 906. The van der Waals surface area contributed by atoms with Crippen molar-refractivity contribution in [1.29, 1.82) is 0 Å². The second kappa shape index (κ2) is 5.49. The van der Waals surface area contributed by atoms with Gasteiger partial charge < -0.3 is 30.4 Å². The summed E-state index contributed by atoms with van der Waals surface area (Å²) in [4.78, 5) is 8.29. The van der Waals surface area contributed by atoms with Crippen molar-refractivity contribution >= 4 is 16.9 Å². The molecule has 3 aromatic rings. The smallest absolute Gasteiger partial charge is 0.167 e. The van der Waals surface area contributed by atoms with Crippen LogP contribution in [0.1, 0.15) is 13.2 Å². The zero-order valence-electron chi connectivity index (χ0n) is 13.4. The summed E-state index contributed by atoms with van der Waals surface area (Å²) in [5.74, 6) is 0.275. The minimum absolute atomic E-state index is 0.275. The Balaban J connectivity index is 1.93. The van der Waals surface area contributed by atoms with Crippen molar-refractivity contribution in [2.24, 2.45) is 0 Å². The SMILES string of the molecule is C[C@@]1(O)[C@H](O)[C@@H](CO)O[C@H]1n1cc(-c2cn[nH]c2)c2c(N)ncnc21. The minimum Gasteiger partial charge on any atom is -0.394 e. The number of hydrogen-bond donors (Lipinski definition) is 5. The molecule has 132 valence electrons. The second-order valence-electron chi connectivity index (χ2n) is 6.27. The Labute approximate surface area is 141 Å². The van der Waals surface area contributed by atoms with Gasteiger partial charge in [-0.1, -0.05) is 0 Å². The Morgan fingerprint density at radius 1 is 1.44 bits per heavy atom. The summed E-state index contributed by atoms with van der Waals surface area (Å²) in [6.45, 7) is 1.03. The molecule has 6 N–H and O–H groups in total. The number of anilines is 1. The van der Waals surface area contributed by atoms with E-state index in [9.17, 15) is 15.3 Å². The van der Waals surface area contributed by atoms with Crippen LogP contribution in [0.25, 0.3) is 22.2 Å². The van der Waals surface area contributed by atoms with E-state index in [0.29, 0.717) is 16.6 Å². The van der Waals surface area contributed by atoms with Crippen LogP contribution in [-0.4, -0.2) is 64.5 Å². The third kappa shape index (κ3) is 2.23. The molecule has 10 heteroatoms. The lowest BCUT2D eigenvalue weighted by molar-refractivity contribution is -0.0948. The number of H-pyrrole nitrogens is 1. The van der Waals surface area contributed by atoms with Crippen molar-refractivity contribution in [1.82, 2.24) is 24.7 Å². The molecule has 0 spiro atoms. The van der Waals surface area contributed by atoms with Crippen LogP contribution in [0.4, 0.5) is 5.82 Å². The Morgan fingerprint density at radius 2 is 2.24 bits per heavy atom. The molecule has 1 aliphatic heterocycles. The largest absolute Gasteiger partial charge is 0.394 e. The van der Waals surface area contributed by atoms with Crippen LogP contribution in [0.15, 0.2) is 24.9 Å². The zero-order chi connectivity index (χ0) is 17.8. The molecule has 0 saturated carbocycles. The number of aromatic amines is 1. The standard InChI is InChI=1S/C15H18N6O4/c1-15(24)11(23)9(5-22)25-14(15)21-4-8(7-2-19-20-3-7)10-12(16)17-6-18-13(10)21/h2-4,6,9,11,14,22-24H,5H2,1H3,(H,19,20)(H2,16,17,18)/t9-,11-,14-,15-/m1/s1. The first-order chi connectivity index (χ1) is 11.9. The molecule has 4 atom stereocenters. The van der Waals surface area contributed by atoms with Crippen molar-refractivity contribution < 1.29 is 20.1 Å². The lowest BCUT2D eigenvalue weighted by Crippen LogP contribution is -2.44. The van der Waals surface area contributed by atoms with Crippen LogP contribution in [0.5, 0.6) is 0 Å². The van der Waals surface area contributed by atoms with Crippen molar-refractivity contribution in [3.63, 3.8) is 0 Å². The molecule has 1 aliphatic rings. The predicted molar refractivity (Wildman–Crippen MR) is 87.1 cm³/mol. The number of fused-ring (bicyclic) bond motifs is 1. The number of rotatable bonds is 3. The highest BCUT2D eigenvalue weighted by atomic mass is 16.6. The van der Waals surface area contributed by atoms with E-state index in [1.54, 1.807) is 23.2 Å². The third-order valence-electron chi connectivity index (χ3n) is 4.64.